The Kier molecular flexibility index (Phi) is 11.4. The molecular formula is C15H33N. The second-order valence-corrected chi connectivity index (χ2v) is 5.64. The number of hydrogen-bond acceptors (Lipinski definition) is 1. The lowest BCUT2D eigenvalue weighted by Gasteiger charge is -2.12. The van der Waals surface area contributed by atoms with Crippen molar-refractivity contribution in [3.05, 3.63) is 0 Å². The van der Waals surface area contributed by atoms with Crippen LogP contribution in [0.1, 0.15) is 85.0 Å². The molecule has 1 unspecified atom stereocenters. The summed E-state index contributed by atoms with van der Waals surface area (Å²) in [4.78, 5) is 0. The largest absolute Gasteiger partial charge is 0.328 e. The molecule has 1 atom stereocenters. The molecule has 0 amide bonds. The van der Waals surface area contributed by atoms with E-state index in [0.29, 0.717) is 6.04 Å². The first-order valence-corrected chi connectivity index (χ1v) is 7.42. The Balaban J connectivity index is 3.12. The van der Waals surface area contributed by atoms with Crippen LogP contribution in [0.25, 0.3) is 0 Å². The zero-order chi connectivity index (χ0) is 12.2. The molecular weight excluding hydrogens is 194 g/mol. The van der Waals surface area contributed by atoms with Crippen LogP contribution in [0.15, 0.2) is 0 Å². The minimum absolute atomic E-state index is 0.457. The van der Waals surface area contributed by atoms with Gasteiger partial charge in [-0.25, -0.2) is 0 Å². The van der Waals surface area contributed by atoms with E-state index in [1.165, 1.54) is 64.2 Å². The molecule has 0 saturated heterocycles. The van der Waals surface area contributed by atoms with Crippen LogP contribution in [0.3, 0.4) is 0 Å². The predicted octanol–water partition coefficient (Wildman–Crippen LogP) is 4.89. The summed E-state index contributed by atoms with van der Waals surface area (Å²) in [6.45, 7) is 6.83. The Morgan fingerprint density at radius 1 is 0.750 bits per heavy atom. The van der Waals surface area contributed by atoms with Crippen LogP contribution in [0.4, 0.5) is 0 Å². The molecule has 1 heteroatoms. The first-order valence-electron chi connectivity index (χ1n) is 7.42. The molecule has 0 aliphatic rings. The molecule has 0 rings (SSSR count). The molecule has 0 radical (unpaired) electrons. The highest BCUT2D eigenvalue weighted by Gasteiger charge is 2.03. The van der Waals surface area contributed by atoms with Crippen LogP contribution in [0, 0.1) is 5.92 Å². The van der Waals surface area contributed by atoms with Crippen LogP contribution in [-0.4, -0.2) is 6.04 Å². The number of rotatable bonds is 11. The maximum atomic E-state index is 6.08. The topological polar surface area (TPSA) is 26.0 Å². The highest BCUT2D eigenvalue weighted by Crippen LogP contribution is 2.12. The van der Waals surface area contributed by atoms with Gasteiger partial charge in [-0.15, -0.1) is 0 Å². The first kappa shape index (κ1) is 16.0. The van der Waals surface area contributed by atoms with E-state index in [2.05, 4.69) is 20.8 Å². The van der Waals surface area contributed by atoms with Crippen LogP contribution >= 0.6 is 0 Å². The molecule has 16 heavy (non-hydrogen) atoms. The molecule has 0 aliphatic heterocycles. The summed E-state index contributed by atoms with van der Waals surface area (Å²) in [6.07, 6.45) is 13.5. The van der Waals surface area contributed by atoms with E-state index in [4.69, 9.17) is 5.73 Å². The molecule has 0 spiro atoms. The lowest BCUT2D eigenvalue weighted by molar-refractivity contribution is 0.458. The normalized spacial score (nSPS) is 13.3. The molecule has 98 valence electrons. The van der Waals surface area contributed by atoms with E-state index in [9.17, 15) is 0 Å². The summed E-state index contributed by atoms with van der Waals surface area (Å²) in [6, 6.07) is 0.457. The van der Waals surface area contributed by atoms with Crippen LogP contribution < -0.4 is 5.73 Å². The van der Waals surface area contributed by atoms with E-state index in [1.54, 1.807) is 0 Å². The number of nitrogens with two attached hydrogens (primary N) is 1. The van der Waals surface area contributed by atoms with Gasteiger partial charge in [-0.1, -0.05) is 65.7 Å². The molecule has 1 nitrogen and oxygen atoms in total. The minimum Gasteiger partial charge on any atom is -0.328 e. The van der Waals surface area contributed by atoms with Crippen molar-refractivity contribution in [3.8, 4) is 0 Å². The van der Waals surface area contributed by atoms with Gasteiger partial charge >= 0.3 is 0 Å². The molecule has 0 aliphatic carbocycles. The van der Waals surface area contributed by atoms with Crippen molar-refractivity contribution >= 4 is 0 Å². The van der Waals surface area contributed by atoms with E-state index >= 15 is 0 Å². The maximum Gasteiger partial charge on any atom is 0.00389 e. The van der Waals surface area contributed by atoms with Gasteiger partial charge in [-0.2, -0.15) is 0 Å². The van der Waals surface area contributed by atoms with Crippen molar-refractivity contribution < 1.29 is 0 Å². The van der Waals surface area contributed by atoms with Gasteiger partial charge in [-0.05, 0) is 25.2 Å². The fourth-order valence-corrected chi connectivity index (χ4v) is 2.06. The molecule has 0 saturated carbocycles. The van der Waals surface area contributed by atoms with E-state index in [1.807, 2.05) is 0 Å². The molecule has 0 aromatic carbocycles. The van der Waals surface area contributed by atoms with E-state index in [-0.39, 0.29) is 0 Å². The summed E-state index contributed by atoms with van der Waals surface area (Å²) in [7, 11) is 0. The summed E-state index contributed by atoms with van der Waals surface area (Å²) in [5.74, 6) is 0.806. The van der Waals surface area contributed by atoms with Crippen LogP contribution in [0.5, 0.6) is 0 Å². The van der Waals surface area contributed by atoms with Crippen molar-refractivity contribution in [2.75, 3.05) is 0 Å². The summed E-state index contributed by atoms with van der Waals surface area (Å²) in [5, 5.41) is 0. The Labute approximate surface area is 103 Å². The van der Waals surface area contributed by atoms with Gasteiger partial charge < -0.3 is 5.73 Å². The average molecular weight is 227 g/mol. The van der Waals surface area contributed by atoms with Gasteiger partial charge in [0.05, 0.1) is 0 Å². The monoisotopic (exact) mass is 227 g/mol. The lowest BCUT2D eigenvalue weighted by atomic mass is 9.99. The van der Waals surface area contributed by atoms with E-state index in [0.717, 1.165) is 5.92 Å². The summed E-state index contributed by atoms with van der Waals surface area (Å²) >= 11 is 0. The Morgan fingerprint density at radius 2 is 1.31 bits per heavy atom. The Bertz CT molecular complexity index is 131. The fourth-order valence-electron chi connectivity index (χ4n) is 2.06. The van der Waals surface area contributed by atoms with Gasteiger partial charge in [-0.3, -0.25) is 0 Å². The third-order valence-corrected chi connectivity index (χ3v) is 3.29. The average Bonchev–Trinajstić information content (AvgIpc) is 2.25. The summed E-state index contributed by atoms with van der Waals surface area (Å²) < 4.78 is 0. The number of hydrogen-bond donors (Lipinski definition) is 1. The third-order valence-electron chi connectivity index (χ3n) is 3.29. The fraction of sp³-hybridized carbons (Fsp3) is 1.00. The van der Waals surface area contributed by atoms with Crippen molar-refractivity contribution in [1.29, 1.82) is 0 Å². The molecule has 0 heterocycles. The predicted molar refractivity (Wildman–Crippen MR) is 74.7 cm³/mol. The second-order valence-electron chi connectivity index (χ2n) is 5.64. The van der Waals surface area contributed by atoms with Crippen LogP contribution in [0.2, 0.25) is 0 Å². The molecule has 2 N–H and O–H groups in total. The molecule has 0 bridgehead atoms. The number of unbranched alkanes of at least 4 members (excludes halogenated alkanes) is 6. The SMILES string of the molecule is CCCCCCCCCC(N)CCC(C)C. The lowest BCUT2D eigenvalue weighted by Crippen LogP contribution is -2.20. The summed E-state index contributed by atoms with van der Waals surface area (Å²) in [5.41, 5.74) is 6.08. The Hall–Kier alpha value is -0.0400. The van der Waals surface area contributed by atoms with Gasteiger partial charge in [0.15, 0.2) is 0 Å². The zero-order valence-electron chi connectivity index (χ0n) is 11.8. The van der Waals surface area contributed by atoms with E-state index < -0.39 is 0 Å². The standard InChI is InChI=1S/C15H33N/c1-4-5-6-7-8-9-10-11-15(16)13-12-14(2)3/h14-15H,4-13,16H2,1-3H3. The highest BCUT2D eigenvalue weighted by atomic mass is 14.6. The second kappa shape index (κ2) is 11.4. The zero-order valence-corrected chi connectivity index (χ0v) is 11.8. The van der Waals surface area contributed by atoms with Crippen molar-refractivity contribution in [2.24, 2.45) is 11.7 Å². The van der Waals surface area contributed by atoms with Crippen molar-refractivity contribution in [1.82, 2.24) is 0 Å². The first-order chi connectivity index (χ1) is 7.66. The third kappa shape index (κ3) is 12.0. The van der Waals surface area contributed by atoms with Crippen LogP contribution in [-0.2, 0) is 0 Å². The van der Waals surface area contributed by atoms with Crippen molar-refractivity contribution in [2.45, 2.75) is 91.0 Å². The molecule has 0 fully saturated rings. The molecule has 0 aromatic rings. The van der Waals surface area contributed by atoms with Crippen molar-refractivity contribution in [3.63, 3.8) is 0 Å². The molecule has 0 aromatic heterocycles. The van der Waals surface area contributed by atoms with Gasteiger partial charge in [0.25, 0.3) is 0 Å². The van der Waals surface area contributed by atoms with Gasteiger partial charge in [0.1, 0.15) is 0 Å². The van der Waals surface area contributed by atoms with Gasteiger partial charge in [0, 0.05) is 6.04 Å². The Morgan fingerprint density at radius 3 is 1.88 bits per heavy atom. The highest BCUT2D eigenvalue weighted by molar-refractivity contribution is 4.62. The quantitative estimate of drug-likeness (QED) is 0.500. The van der Waals surface area contributed by atoms with Gasteiger partial charge in [0.2, 0.25) is 0 Å². The minimum atomic E-state index is 0.457. The maximum absolute atomic E-state index is 6.08. The smallest absolute Gasteiger partial charge is 0.00389 e.